The molecule has 2 aromatic heterocycles. The number of fused-ring (bicyclic) bond motifs is 1. The Kier molecular flexibility index (Phi) is 4.57. The molecule has 0 spiro atoms. The largest absolute Gasteiger partial charge is 0.386 e. The first-order valence-corrected chi connectivity index (χ1v) is 10.3. The number of aliphatic hydroxyl groups excluding tert-OH is 1. The summed E-state index contributed by atoms with van der Waals surface area (Å²) >= 11 is 0. The third kappa shape index (κ3) is 3.36. The van der Waals surface area contributed by atoms with E-state index in [2.05, 4.69) is 21.2 Å². The van der Waals surface area contributed by atoms with Crippen LogP contribution in [-0.4, -0.2) is 79.1 Å². The van der Waals surface area contributed by atoms with Crippen molar-refractivity contribution in [2.75, 3.05) is 26.2 Å². The van der Waals surface area contributed by atoms with Crippen LogP contribution < -0.4 is 0 Å². The summed E-state index contributed by atoms with van der Waals surface area (Å²) in [5.74, 6) is -0.0138. The van der Waals surface area contributed by atoms with Crippen molar-refractivity contribution in [1.82, 2.24) is 25.0 Å². The Morgan fingerprint density at radius 1 is 1.13 bits per heavy atom. The van der Waals surface area contributed by atoms with Crippen molar-refractivity contribution in [3.8, 4) is 11.1 Å². The van der Waals surface area contributed by atoms with E-state index in [1.807, 2.05) is 36.1 Å². The van der Waals surface area contributed by atoms with E-state index < -0.39 is 11.8 Å². The maximum atomic E-state index is 12.9. The number of aromatic nitrogens is 3. The third-order valence-electron chi connectivity index (χ3n) is 6.26. The molecule has 1 amide bonds. The summed E-state index contributed by atoms with van der Waals surface area (Å²) < 4.78 is 0. The van der Waals surface area contributed by atoms with Crippen LogP contribution in [0.15, 0.2) is 36.5 Å². The number of hydrogen-bond donors (Lipinski definition) is 3. The monoisotopic (exact) mass is 407 g/mol. The lowest BCUT2D eigenvalue weighted by Gasteiger charge is -2.38. The number of aromatic amines is 1. The van der Waals surface area contributed by atoms with Crippen molar-refractivity contribution in [2.24, 2.45) is 0 Å². The van der Waals surface area contributed by atoms with Crippen LogP contribution in [0.3, 0.4) is 0 Å². The molecular formula is C22H25N5O3. The molecule has 1 saturated heterocycles. The van der Waals surface area contributed by atoms with Crippen molar-refractivity contribution in [3.63, 3.8) is 0 Å². The number of carbonyl (C=O) groups excluding carboxylic acids is 1. The predicted octanol–water partition coefficient (Wildman–Crippen LogP) is 1.53. The predicted molar refractivity (Wildman–Crippen MR) is 112 cm³/mol. The van der Waals surface area contributed by atoms with Gasteiger partial charge in [0.05, 0.1) is 0 Å². The number of H-pyrrole nitrogens is 1. The number of hydrogen-bond acceptors (Lipinski definition) is 6. The lowest BCUT2D eigenvalue weighted by Crippen LogP contribution is -2.55. The number of aryl methyl sites for hydroxylation is 1. The highest BCUT2D eigenvalue weighted by molar-refractivity contribution is 5.95. The van der Waals surface area contributed by atoms with Crippen LogP contribution in [0.2, 0.25) is 0 Å². The quantitative estimate of drug-likeness (QED) is 0.606. The first-order chi connectivity index (χ1) is 14.4. The van der Waals surface area contributed by atoms with Gasteiger partial charge in [0.25, 0.3) is 5.91 Å². The van der Waals surface area contributed by atoms with Crippen molar-refractivity contribution in [2.45, 2.75) is 31.6 Å². The van der Waals surface area contributed by atoms with E-state index in [-0.39, 0.29) is 5.91 Å². The van der Waals surface area contributed by atoms with E-state index in [1.165, 1.54) is 0 Å². The minimum absolute atomic E-state index is 0.0138. The molecule has 2 aliphatic rings. The number of nitrogens with one attached hydrogen (secondary N) is 1. The molecule has 8 nitrogen and oxygen atoms in total. The standard InChI is InChI=1S/C22H25N5O3/c1-14-18-12-17(13-23-19(18)25-24-14)15-2-4-16(5-3-15)20(28)26-8-10-27(11-9-26)21(29)22(30)6-7-22/h2-5,12-13,21,29-30H,6-11H2,1H3,(H,23,24,25). The zero-order valence-corrected chi connectivity index (χ0v) is 16.9. The number of benzene rings is 1. The number of carbonyl (C=O) groups is 1. The van der Waals surface area contributed by atoms with Crippen LogP contribution in [0, 0.1) is 6.92 Å². The maximum absolute atomic E-state index is 12.9. The van der Waals surface area contributed by atoms with Crippen LogP contribution in [0.4, 0.5) is 0 Å². The molecule has 3 N–H and O–H groups in total. The molecule has 156 valence electrons. The lowest BCUT2D eigenvalue weighted by atomic mass is 10.0. The molecule has 1 aliphatic carbocycles. The Bertz CT molecular complexity index is 1080. The molecule has 8 heteroatoms. The van der Waals surface area contributed by atoms with Gasteiger partial charge in [0.1, 0.15) is 11.8 Å². The normalized spacial score (nSPS) is 19.8. The number of rotatable bonds is 4. The summed E-state index contributed by atoms with van der Waals surface area (Å²) in [6.45, 7) is 4.15. The van der Waals surface area contributed by atoms with Gasteiger partial charge in [0.2, 0.25) is 0 Å². The van der Waals surface area contributed by atoms with Crippen LogP contribution in [-0.2, 0) is 0 Å². The van der Waals surface area contributed by atoms with Crippen LogP contribution in [0.5, 0.6) is 0 Å². The Balaban J connectivity index is 1.26. The van der Waals surface area contributed by atoms with Crippen LogP contribution in [0.25, 0.3) is 22.2 Å². The maximum Gasteiger partial charge on any atom is 0.253 e. The van der Waals surface area contributed by atoms with Crippen molar-refractivity contribution >= 4 is 16.9 Å². The van der Waals surface area contributed by atoms with E-state index in [0.29, 0.717) is 50.2 Å². The summed E-state index contributed by atoms with van der Waals surface area (Å²) in [5.41, 5.74) is 3.33. The number of nitrogens with zero attached hydrogens (tertiary/aromatic N) is 4. The molecule has 30 heavy (non-hydrogen) atoms. The summed E-state index contributed by atoms with van der Waals surface area (Å²) in [5, 5.41) is 28.5. The van der Waals surface area contributed by atoms with Crippen molar-refractivity contribution in [3.05, 3.63) is 47.8 Å². The average Bonchev–Trinajstić information content (AvgIpc) is 3.44. The second-order valence-corrected chi connectivity index (χ2v) is 8.33. The highest BCUT2D eigenvalue weighted by atomic mass is 16.4. The van der Waals surface area contributed by atoms with E-state index >= 15 is 0 Å². The first kappa shape index (κ1) is 19.2. The summed E-state index contributed by atoms with van der Waals surface area (Å²) in [7, 11) is 0. The fourth-order valence-electron chi connectivity index (χ4n) is 4.06. The van der Waals surface area contributed by atoms with Gasteiger partial charge in [-0.1, -0.05) is 12.1 Å². The van der Waals surface area contributed by atoms with Gasteiger partial charge in [0, 0.05) is 54.6 Å². The van der Waals surface area contributed by atoms with Gasteiger partial charge in [0.15, 0.2) is 5.65 Å². The molecule has 1 aliphatic heterocycles. The van der Waals surface area contributed by atoms with Gasteiger partial charge in [-0.2, -0.15) is 5.10 Å². The number of piperazine rings is 1. The van der Waals surface area contributed by atoms with Crippen LogP contribution in [0.1, 0.15) is 28.9 Å². The SMILES string of the molecule is Cc1[nH]nc2ncc(-c3ccc(C(=O)N4CCN(C(O)C5(O)CC5)CC4)cc3)cc12. The van der Waals surface area contributed by atoms with Gasteiger partial charge >= 0.3 is 0 Å². The zero-order chi connectivity index (χ0) is 20.9. The van der Waals surface area contributed by atoms with E-state index in [4.69, 9.17) is 0 Å². The van der Waals surface area contributed by atoms with Gasteiger partial charge in [-0.15, -0.1) is 0 Å². The molecule has 2 fully saturated rings. The van der Waals surface area contributed by atoms with Crippen molar-refractivity contribution in [1.29, 1.82) is 0 Å². The summed E-state index contributed by atoms with van der Waals surface area (Å²) in [6, 6.07) is 9.62. The Morgan fingerprint density at radius 3 is 2.50 bits per heavy atom. The van der Waals surface area contributed by atoms with Gasteiger partial charge < -0.3 is 15.1 Å². The average molecular weight is 407 g/mol. The highest BCUT2D eigenvalue weighted by Gasteiger charge is 2.50. The molecule has 3 aromatic rings. The minimum atomic E-state index is -0.950. The van der Waals surface area contributed by atoms with E-state index in [1.54, 1.807) is 11.1 Å². The molecular weight excluding hydrogens is 382 g/mol. The number of amides is 1. The van der Waals surface area contributed by atoms with Crippen LogP contribution >= 0.6 is 0 Å². The van der Waals surface area contributed by atoms with Gasteiger partial charge in [-0.25, -0.2) is 4.98 Å². The zero-order valence-electron chi connectivity index (χ0n) is 16.9. The molecule has 0 radical (unpaired) electrons. The second kappa shape index (κ2) is 7.16. The summed E-state index contributed by atoms with van der Waals surface area (Å²) in [6.07, 6.45) is 2.24. The fraction of sp³-hybridized carbons (Fsp3) is 0.409. The Hall–Kier alpha value is -2.81. The van der Waals surface area contributed by atoms with E-state index in [0.717, 1.165) is 22.2 Å². The minimum Gasteiger partial charge on any atom is -0.386 e. The Morgan fingerprint density at radius 2 is 1.83 bits per heavy atom. The second-order valence-electron chi connectivity index (χ2n) is 8.33. The first-order valence-electron chi connectivity index (χ1n) is 10.3. The van der Waals surface area contributed by atoms with Crippen molar-refractivity contribution < 1.29 is 15.0 Å². The third-order valence-corrected chi connectivity index (χ3v) is 6.26. The Labute approximate surface area is 174 Å². The molecule has 0 bridgehead atoms. The molecule has 5 rings (SSSR count). The number of pyridine rings is 1. The van der Waals surface area contributed by atoms with Gasteiger partial charge in [-0.3, -0.25) is 14.8 Å². The lowest BCUT2D eigenvalue weighted by molar-refractivity contribution is -0.108. The topological polar surface area (TPSA) is 106 Å². The van der Waals surface area contributed by atoms with Gasteiger partial charge in [-0.05, 0) is 43.5 Å². The fourth-order valence-corrected chi connectivity index (χ4v) is 4.06. The summed E-state index contributed by atoms with van der Waals surface area (Å²) in [4.78, 5) is 20.9. The molecule has 1 saturated carbocycles. The molecule has 1 atom stereocenters. The molecule has 3 heterocycles. The molecule has 1 unspecified atom stereocenters. The van der Waals surface area contributed by atoms with E-state index in [9.17, 15) is 15.0 Å². The number of aliphatic hydroxyl groups is 2. The highest BCUT2D eigenvalue weighted by Crippen LogP contribution is 2.39. The molecule has 1 aromatic carbocycles. The smallest absolute Gasteiger partial charge is 0.253 e.